The fourth-order valence-electron chi connectivity index (χ4n) is 1.62. The average molecular weight is 309 g/mol. The first-order valence-electron chi connectivity index (χ1n) is 5.40. The summed E-state index contributed by atoms with van der Waals surface area (Å²) in [6, 6.07) is 5.31. The van der Waals surface area contributed by atoms with E-state index < -0.39 is 0 Å². The maximum absolute atomic E-state index is 12.0. The van der Waals surface area contributed by atoms with Crippen molar-refractivity contribution in [1.29, 1.82) is 0 Å². The van der Waals surface area contributed by atoms with Crippen molar-refractivity contribution in [1.82, 2.24) is 0 Å². The molecule has 2 aromatic rings. The quantitative estimate of drug-likeness (QED) is 0.834. The molecule has 0 atom stereocenters. The van der Waals surface area contributed by atoms with Crippen molar-refractivity contribution in [3.8, 4) is 0 Å². The highest BCUT2D eigenvalue weighted by molar-refractivity contribution is 9.10. The molecule has 5 heteroatoms. The topological polar surface area (TPSA) is 68.3 Å². The zero-order chi connectivity index (χ0) is 13.3. The van der Waals surface area contributed by atoms with Gasteiger partial charge >= 0.3 is 0 Å². The van der Waals surface area contributed by atoms with Crippen LogP contribution in [-0.2, 0) is 0 Å². The van der Waals surface area contributed by atoms with Gasteiger partial charge in [-0.2, -0.15) is 0 Å². The number of benzene rings is 1. The molecular weight excluding hydrogens is 296 g/mol. The Hall–Kier alpha value is -1.75. The van der Waals surface area contributed by atoms with Crippen LogP contribution in [0.25, 0.3) is 0 Å². The normalized spacial score (nSPS) is 10.4. The van der Waals surface area contributed by atoms with Gasteiger partial charge in [-0.05, 0) is 59.1 Å². The lowest BCUT2D eigenvalue weighted by Gasteiger charge is -2.10. The number of nitrogens with one attached hydrogen (secondary N) is 1. The highest BCUT2D eigenvalue weighted by atomic mass is 79.9. The summed E-state index contributed by atoms with van der Waals surface area (Å²) in [4.78, 5) is 12.0. The number of rotatable bonds is 2. The lowest BCUT2D eigenvalue weighted by molar-refractivity contribution is 0.102. The van der Waals surface area contributed by atoms with Gasteiger partial charge in [-0.15, -0.1) is 0 Å². The Morgan fingerprint density at radius 1 is 1.33 bits per heavy atom. The number of aryl methyl sites for hydroxylation is 2. The number of nitrogens with two attached hydrogens (primary N) is 1. The number of nitrogen functional groups attached to an aromatic ring is 1. The molecule has 0 saturated carbocycles. The number of carbonyl (C=O) groups excluding carboxylic acids is 1. The molecule has 94 valence electrons. The molecule has 0 radical (unpaired) electrons. The van der Waals surface area contributed by atoms with E-state index in [0.717, 1.165) is 22.5 Å². The van der Waals surface area contributed by atoms with E-state index >= 15 is 0 Å². The minimum absolute atomic E-state index is 0.220. The van der Waals surface area contributed by atoms with Crippen LogP contribution in [0.15, 0.2) is 33.5 Å². The first kappa shape index (κ1) is 12.7. The Labute approximate surface area is 113 Å². The molecule has 0 aliphatic heterocycles. The molecule has 1 aromatic heterocycles. The van der Waals surface area contributed by atoms with Crippen LogP contribution < -0.4 is 11.1 Å². The van der Waals surface area contributed by atoms with E-state index in [1.165, 1.54) is 6.26 Å². The Bertz CT molecular complexity index is 605. The van der Waals surface area contributed by atoms with Gasteiger partial charge in [0.2, 0.25) is 0 Å². The van der Waals surface area contributed by atoms with Gasteiger partial charge < -0.3 is 15.5 Å². The minimum atomic E-state index is -0.220. The predicted molar refractivity (Wildman–Crippen MR) is 74.7 cm³/mol. The molecule has 0 aliphatic carbocycles. The van der Waals surface area contributed by atoms with Crippen molar-refractivity contribution in [2.45, 2.75) is 13.8 Å². The Morgan fingerprint density at radius 2 is 2.06 bits per heavy atom. The Kier molecular flexibility index (Phi) is 3.43. The van der Waals surface area contributed by atoms with Crippen molar-refractivity contribution in [2.24, 2.45) is 0 Å². The molecule has 4 nitrogen and oxygen atoms in total. The monoisotopic (exact) mass is 308 g/mol. The molecule has 1 heterocycles. The number of anilines is 2. The number of hydrogen-bond donors (Lipinski definition) is 2. The molecule has 1 amide bonds. The third-order valence-electron chi connectivity index (χ3n) is 2.72. The first-order valence-corrected chi connectivity index (χ1v) is 6.19. The third kappa shape index (κ3) is 2.41. The van der Waals surface area contributed by atoms with E-state index in [1.54, 1.807) is 6.07 Å². The van der Waals surface area contributed by atoms with Crippen LogP contribution in [0.3, 0.4) is 0 Å². The zero-order valence-electron chi connectivity index (χ0n) is 10.1. The van der Waals surface area contributed by atoms with Gasteiger partial charge in [0.15, 0.2) is 4.67 Å². The van der Waals surface area contributed by atoms with Crippen LogP contribution in [0.5, 0.6) is 0 Å². The van der Waals surface area contributed by atoms with Crippen LogP contribution in [0.1, 0.15) is 21.5 Å². The lowest BCUT2D eigenvalue weighted by Crippen LogP contribution is -2.12. The summed E-state index contributed by atoms with van der Waals surface area (Å²) in [6.45, 7) is 3.80. The van der Waals surface area contributed by atoms with Gasteiger partial charge in [0.1, 0.15) is 0 Å². The molecule has 1 aromatic carbocycles. The fourth-order valence-corrected chi connectivity index (χ4v) is 2.04. The summed E-state index contributed by atoms with van der Waals surface area (Å²) in [5.41, 5.74) is 9.59. The Morgan fingerprint density at radius 3 is 2.67 bits per heavy atom. The van der Waals surface area contributed by atoms with Crippen LogP contribution >= 0.6 is 15.9 Å². The van der Waals surface area contributed by atoms with Gasteiger partial charge in [0.25, 0.3) is 5.91 Å². The summed E-state index contributed by atoms with van der Waals surface area (Å²) < 4.78 is 5.45. The molecule has 0 fully saturated rings. The third-order valence-corrected chi connectivity index (χ3v) is 3.34. The van der Waals surface area contributed by atoms with E-state index in [4.69, 9.17) is 10.2 Å². The summed E-state index contributed by atoms with van der Waals surface area (Å²) >= 11 is 3.18. The summed E-state index contributed by atoms with van der Waals surface area (Å²) in [6.07, 6.45) is 1.46. The summed E-state index contributed by atoms with van der Waals surface area (Å²) in [5.74, 6) is -0.220. The lowest BCUT2D eigenvalue weighted by atomic mass is 10.1. The van der Waals surface area contributed by atoms with Crippen molar-refractivity contribution in [2.75, 3.05) is 11.1 Å². The van der Waals surface area contributed by atoms with E-state index in [9.17, 15) is 4.79 Å². The van der Waals surface area contributed by atoms with Crippen molar-refractivity contribution < 1.29 is 9.21 Å². The minimum Gasteiger partial charge on any atom is -0.457 e. The smallest absolute Gasteiger partial charge is 0.260 e. The predicted octanol–water partition coefficient (Wildman–Crippen LogP) is 3.49. The van der Waals surface area contributed by atoms with E-state index in [2.05, 4.69) is 21.2 Å². The molecule has 2 rings (SSSR count). The molecule has 0 aliphatic rings. The van der Waals surface area contributed by atoms with Crippen LogP contribution in [-0.4, -0.2) is 5.91 Å². The molecule has 3 N–H and O–H groups in total. The molecule has 0 unspecified atom stereocenters. The van der Waals surface area contributed by atoms with E-state index in [-0.39, 0.29) is 5.91 Å². The van der Waals surface area contributed by atoms with Crippen LogP contribution in [0.2, 0.25) is 0 Å². The number of hydrogen-bond acceptors (Lipinski definition) is 3. The van der Waals surface area contributed by atoms with Gasteiger partial charge in [-0.3, -0.25) is 4.79 Å². The summed E-state index contributed by atoms with van der Waals surface area (Å²) in [7, 11) is 0. The SMILES string of the molecule is Cc1cc(NC(=O)c2ccoc2Br)c(C)cc1N. The maximum Gasteiger partial charge on any atom is 0.260 e. The van der Waals surface area contributed by atoms with Crippen molar-refractivity contribution in [3.63, 3.8) is 0 Å². The second-order valence-electron chi connectivity index (χ2n) is 4.09. The summed E-state index contributed by atoms with van der Waals surface area (Å²) in [5, 5.41) is 2.84. The van der Waals surface area contributed by atoms with Gasteiger partial charge in [0, 0.05) is 11.4 Å². The molecular formula is C13H13BrN2O2. The average Bonchev–Trinajstić information content (AvgIpc) is 2.72. The van der Waals surface area contributed by atoms with Gasteiger partial charge in [0.05, 0.1) is 11.8 Å². The molecule has 0 saturated heterocycles. The zero-order valence-corrected chi connectivity index (χ0v) is 11.7. The van der Waals surface area contributed by atoms with Gasteiger partial charge in [-0.25, -0.2) is 0 Å². The maximum atomic E-state index is 12.0. The van der Waals surface area contributed by atoms with E-state index in [1.807, 2.05) is 26.0 Å². The molecule has 18 heavy (non-hydrogen) atoms. The molecule has 0 bridgehead atoms. The number of halogens is 1. The number of carbonyl (C=O) groups is 1. The van der Waals surface area contributed by atoms with Crippen LogP contribution in [0, 0.1) is 13.8 Å². The Balaban J connectivity index is 2.28. The van der Waals surface area contributed by atoms with Gasteiger partial charge in [-0.1, -0.05) is 0 Å². The fraction of sp³-hybridized carbons (Fsp3) is 0.154. The second kappa shape index (κ2) is 4.86. The van der Waals surface area contributed by atoms with E-state index in [0.29, 0.717) is 10.2 Å². The number of amides is 1. The van der Waals surface area contributed by atoms with Crippen LogP contribution in [0.4, 0.5) is 11.4 Å². The largest absolute Gasteiger partial charge is 0.457 e. The first-order chi connectivity index (χ1) is 8.49. The number of furan rings is 1. The van der Waals surface area contributed by atoms with Crippen molar-refractivity contribution >= 4 is 33.2 Å². The van der Waals surface area contributed by atoms with Crippen molar-refractivity contribution in [3.05, 3.63) is 45.8 Å². The second-order valence-corrected chi connectivity index (χ2v) is 4.81. The molecule has 0 spiro atoms. The standard InChI is InChI=1S/C13H13BrN2O2/c1-7-6-11(8(2)5-10(7)15)16-13(17)9-3-4-18-12(9)14/h3-6H,15H2,1-2H3,(H,16,17). The highest BCUT2D eigenvalue weighted by Crippen LogP contribution is 2.24. The highest BCUT2D eigenvalue weighted by Gasteiger charge is 2.14.